The highest BCUT2D eigenvalue weighted by Crippen LogP contribution is 2.25. The normalized spacial score (nSPS) is 10.5. The van der Waals surface area contributed by atoms with Crippen molar-refractivity contribution in [2.24, 2.45) is 0 Å². The molecular formula is C18H15Cl2NO4. The van der Waals surface area contributed by atoms with Crippen molar-refractivity contribution in [2.45, 2.75) is 0 Å². The molecule has 0 spiro atoms. The predicted octanol–water partition coefficient (Wildman–Crippen LogP) is 4.20. The average molecular weight is 380 g/mol. The van der Waals surface area contributed by atoms with Crippen LogP contribution in [-0.2, 0) is 14.3 Å². The molecule has 2 aromatic carbocycles. The van der Waals surface area contributed by atoms with E-state index in [9.17, 15) is 9.59 Å². The van der Waals surface area contributed by atoms with Crippen molar-refractivity contribution in [3.05, 3.63) is 64.1 Å². The molecular weight excluding hydrogens is 365 g/mol. The lowest BCUT2D eigenvalue weighted by molar-refractivity contribution is -0.142. The van der Waals surface area contributed by atoms with Gasteiger partial charge in [-0.15, -0.1) is 0 Å². The summed E-state index contributed by atoms with van der Waals surface area (Å²) in [5.41, 5.74) is 1.15. The minimum Gasteiger partial charge on any atom is -0.497 e. The zero-order valence-electron chi connectivity index (χ0n) is 13.3. The molecule has 0 aliphatic heterocycles. The fraction of sp³-hybridized carbons (Fsp3) is 0.111. The van der Waals surface area contributed by atoms with Gasteiger partial charge in [-0.2, -0.15) is 0 Å². The zero-order valence-corrected chi connectivity index (χ0v) is 14.8. The number of carbonyl (C=O) groups excluding carboxylic acids is 2. The van der Waals surface area contributed by atoms with Crippen molar-refractivity contribution in [3.63, 3.8) is 0 Å². The second kappa shape index (κ2) is 9.11. The third kappa shape index (κ3) is 6.14. The molecule has 0 atom stereocenters. The van der Waals surface area contributed by atoms with Crippen LogP contribution in [0.2, 0.25) is 10.0 Å². The Hall–Kier alpha value is -2.50. The first-order valence-corrected chi connectivity index (χ1v) is 7.97. The van der Waals surface area contributed by atoms with Crippen molar-refractivity contribution in [1.82, 2.24) is 0 Å². The maximum atomic E-state index is 11.8. The molecule has 0 heterocycles. The molecule has 0 unspecified atom stereocenters. The molecule has 5 nitrogen and oxygen atoms in total. The van der Waals surface area contributed by atoms with E-state index in [1.54, 1.807) is 49.6 Å². The van der Waals surface area contributed by atoms with E-state index in [-0.39, 0.29) is 0 Å². The Labute approximate surface area is 155 Å². The summed E-state index contributed by atoms with van der Waals surface area (Å²) in [6.45, 7) is -0.436. The molecule has 0 aromatic heterocycles. The molecule has 0 saturated heterocycles. The van der Waals surface area contributed by atoms with Gasteiger partial charge in [-0.3, -0.25) is 4.79 Å². The first kappa shape index (κ1) is 18.8. The third-order valence-corrected chi connectivity index (χ3v) is 3.64. The molecule has 0 fully saturated rings. The number of amides is 1. The quantitative estimate of drug-likeness (QED) is 0.603. The fourth-order valence-electron chi connectivity index (χ4n) is 1.84. The van der Waals surface area contributed by atoms with E-state index < -0.39 is 18.5 Å². The number of carbonyl (C=O) groups is 2. The SMILES string of the molecule is COc1ccc(C=CC(=O)OCC(=O)Nc2cc(Cl)ccc2Cl)cc1. The lowest BCUT2D eigenvalue weighted by atomic mass is 10.2. The second-order valence-corrected chi connectivity index (χ2v) is 5.73. The van der Waals surface area contributed by atoms with Gasteiger partial charge in [-0.05, 0) is 42.0 Å². The van der Waals surface area contributed by atoms with E-state index in [0.717, 1.165) is 11.3 Å². The lowest BCUT2D eigenvalue weighted by Gasteiger charge is -2.07. The highest BCUT2D eigenvalue weighted by atomic mass is 35.5. The molecule has 0 aliphatic rings. The Balaban J connectivity index is 1.83. The van der Waals surface area contributed by atoms with Gasteiger partial charge < -0.3 is 14.8 Å². The number of halogens is 2. The number of benzene rings is 2. The first-order valence-electron chi connectivity index (χ1n) is 7.22. The molecule has 0 radical (unpaired) electrons. The van der Waals surface area contributed by atoms with Crippen LogP contribution in [-0.4, -0.2) is 25.6 Å². The highest BCUT2D eigenvalue weighted by Gasteiger charge is 2.08. The van der Waals surface area contributed by atoms with Gasteiger partial charge in [0, 0.05) is 11.1 Å². The molecule has 2 rings (SSSR count). The van der Waals surface area contributed by atoms with Crippen LogP contribution in [0.1, 0.15) is 5.56 Å². The Morgan fingerprint density at radius 2 is 1.84 bits per heavy atom. The third-order valence-electron chi connectivity index (χ3n) is 3.08. The van der Waals surface area contributed by atoms with Crippen LogP contribution in [0.25, 0.3) is 6.08 Å². The minimum atomic E-state index is -0.636. The molecule has 7 heteroatoms. The molecule has 0 aliphatic carbocycles. The molecule has 0 saturated carbocycles. The van der Waals surface area contributed by atoms with Gasteiger partial charge in [0.15, 0.2) is 6.61 Å². The summed E-state index contributed by atoms with van der Waals surface area (Å²) >= 11 is 11.8. The van der Waals surface area contributed by atoms with Gasteiger partial charge in [0.05, 0.1) is 17.8 Å². The van der Waals surface area contributed by atoms with E-state index in [1.807, 2.05) is 0 Å². The van der Waals surface area contributed by atoms with E-state index >= 15 is 0 Å². The van der Waals surface area contributed by atoms with Crippen molar-refractivity contribution in [3.8, 4) is 5.75 Å². The van der Waals surface area contributed by atoms with E-state index in [1.165, 1.54) is 12.1 Å². The molecule has 25 heavy (non-hydrogen) atoms. The molecule has 1 amide bonds. The summed E-state index contributed by atoms with van der Waals surface area (Å²) in [5.74, 6) is -0.436. The molecule has 130 valence electrons. The maximum Gasteiger partial charge on any atom is 0.331 e. The summed E-state index contributed by atoms with van der Waals surface area (Å²) in [5, 5.41) is 3.29. The standard InChI is InChI=1S/C18H15Cl2NO4/c1-24-14-6-2-12(3-7-14)4-9-18(23)25-11-17(22)21-16-10-13(19)5-8-15(16)20/h2-10H,11H2,1H3,(H,21,22). The first-order chi connectivity index (χ1) is 12.0. The van der Waals surface area contributed by atoms with Crippen LogP contribution in [0, 0.1) is 0 Å². The van der Waals surface area contributed by atoms with Gasteiger partial charge in [-0.25, -0.2) is 4.79 Å². The topological polar surface area (TPSA) is 64.6 Å². The van der Waals surface area contributed by atoms with Gasteiger partial charge in [0.2, 0.25) is 0 Å². The van der Waals surface area contributed by atoms with Crippen molar-refractivity contribution in [1.29, 1.82) is 0 Å². The zero-order chi connectivity index (χ0) is 18.2. The number of anilines is 1. The van der Waals surface area contributed by atoms with E-state index in [4.69, 9.17) is 32.7 Å². The Bertz CT molecular complexity index is 788. The maximum absolute atomic E-state index is 11.8. The summed E-state index contributed by atoms with van der Waals surface area (Å²) in [6.07, 6.45) is 2.81. The smallest absolute Gasteiger partial charge is 0.331 e. The van der Waals surface area contributed by atoms with Crippen LogP contribution in [0.5, 0.6) is 5.75 Å². The molecule has 1 N–H and O–H groups in total. The molecule has 2 aromatic rings. The Morgan fingerprint density at radius 1 is 1.12 bits per heavy atom. The van der Waals surface area contributed by atoms with Crippen LogP contribution in [0.3, 0.4) is 0 Å². The number of methoxy groups -OCH3 is 1. The minimum absolute atomic E-state index is 0.337. The summed E-state index contributed by atoms with van der Waals surface area (Å²) in [4.78, 5) is 23.5. The van der Waals surface area contributed by atoms with Crippen LogP contribution >= 0.6 is 23.2 Å². The van der Waals surface area contributed by atoms with Crippen molar-refractivity contribution < 1.29 is 19.1 Å². The summed E-state index contributed by atoms with van der Waals surface area (Å²) in [7, 11) is 1.57. The van der Waals surface area contributed by atoms with E-state index in [2.05, 4.69) is 5.32 Å². The van der Waals surface area contributed by atoms with Crippen molar-refractivity contribution in [2.75, 3.05) is 19.0 Å². The number of rotatable bonds is 6. The molecule has 0 bridgehead atoms. The predicted molar refractivity (Wildman–Crippen MR) is 98.1 cm³/mol. The van der Waals surface area contributed by atoms with Crippen LogP contribution in [0.4, 0.5) is 5.69 Å². The Kier molecular flexibility index (Phi) is 6.86. The summed E-state index contributed by atoms with van der Waals surface area (Å²) in [6, 6.07) is 11.8. The number of esters is 1. The number of nitrogens with one attached hydrogen (secondary N) is 1. The lowest BCUT2D eigenvalue weighted by Crippen LogP contribution is -2.20. The van der Waals surface area contributed by atoms with Crippen molar-refractivity contribution >= 4 is 46.8 Å². The van der Waals surface area contributed by atoms with Crippen LogP contribution < -0.4 is 10.1 Å². The second-order valence-electron chi connectivity index (χ2n) is 4.89. The number of ether oxygens (including phenoxy) is 2. The number of hydrogen-bond acceptors (Lipinski definition) is 4. The Morgan fingerprint density at radius 3 is 2.52 bits per heavy atom. The van der Waals surface area contributed by atoms with Crippen LogP contribution in [0.15, 0.2) is 48.5 Å². The monoisotopic (exact) mass is 379 g/mol. The average Bonchev–Trinajstić information content (AvgIpc) is 2.61. The van der Waals surface area contributed by atoms with Gasteiger partial charge >= 0.3 is 5.97 Å². The van der Waals surface area contributed by atoms with E-state index in [0.29, 0.717) is 15.7 Å². The van der Waals surface area contributed by atoms with Gasteiger partial charge in [-0.1, -0.05) is 35.3 Å². The largest absolute Gasteiger partial charge is 0.497 e. The fourth-order valence-corrected chi connectivity index (χ4v) is 2.18. The highest BCUT2D eigenvalue weighted by molar-refractivity contribution is 6.35. The van der Waals surface area contributed by atoms with Gasteiger partial charge in [0.25, 0.3) is 5.91 Å². The van der Waals surface area contributed by atoms with Gasteiger partial charge in [0.1, 0.15) is 5.75 Å². The summed E-state index contributed by atoms with van der Waals surface area (Å²) < 4.78 is 9.92. The number of hydrogen-bond donors (Lipinski definition) is 1.